The molecule has 0 saturated carbocycles. The third-order valence-corrected chi connectivity index (χ3v) is 4.08. The van der Waals surface area contributed by atoms with E-state index < -0.39 is 4.92 Å². The summed E-state index contributed by atoms with van der Waals surface area (Å²) in [6, 6.07) is 4.17. The van der Waals surface area contributed by atoms with Crippen molar-refractivity contribution in [1.82, 2.24) is 4.90 Å². The van der Waals surface area contributed by atoms with Crippen LogP contribution in [0.1, 0.15) is 30.6 Å². The molecule has 0 aliphatic heterocycles. The molecule has 0 saturated heterocycles. The van der Waals surface area contributed by atoms with E-state index in [1.165, 1.54) is 23.1 Å². The summed E-state index contributed by atoms with van der Waals surface area (Å²) in [6.07, 6.45) is 0.687. The molecule has 116 valence electrons. The smallest absolute Gasteiger partial charge is 0.270 e. The molecule has 0 fully saturated rings. The average Bonchev–Trinajstić information content (AvgIpc) is 2.43. The number of carbonyl (C=O) groups excluding carboxylic acids is 1. The SMILES string of the molecule is CC(C)C(N)CCN(C)C(=O)c1cc([N+](=O)[O-])ccc1Br. The molecule has 2 N–H and O–H groups in total. The van der Waals surface area contributed by atoms with Crippen molar-refractivity contribution >= 4 is 27.5 Å². The first-order valence-corrected chi connectivity index (χ1v) is 7.48. The van der Waals surface area contributed by atoms with Crippen LogP contribution in [0, 0.1) is 16.0 Å². The zero-order valence-electron chi connectivity index (χ0n) is 12.4. The number of hydrogen-bond acceptors (Lipinski definition) is 4. The van der Waals surface area contributed by atoms with Gasteiger partial charge in [-0.25, -0.2) is 0 Å². The van der Waals surface area contributed by atoms with Crippen LogP contribution in [0.4, 0.5) is 5.69 Å². The van der Waals surface area contributed by atoms with Crippen molar-refractivity contribution in [3.8, 4) is 0 Å². The minimum atomic E-state index is -0.516. The predicted octanol–water partition coefficient (Wildman–Crippen LogP) is 2.80. The summed E-state index contributed by atoms with van der Waals surface area (Å²) in [6.45, 7) is 4.57. The second kappa shape index (κ2) is 7.51. The minimum absolute atomic E-state index is 0.0220. The normalized spacial score (nSPS) is 12.3. The van der Waals surface area contributed by atoms with E-state index >= 15 is 0 Å². The number of benzene rings is 1. The molecule has 6 nitrogen and oxygen atoms in total. The largest absolute Gasteiger partial charge is 0.342 e. The monoisotopic (exact) mass is 357 g/mol. The Morgan fingerprint density at radius 1 is 1.48 bits per heavy atom. The standard InChI is InChI=1S/C14H20BrN3O3/c1-9(2)13(16)6-7-17(3)14(19)11-8-10(18(20)21)4-5-12(11)15/h4-5,8-9,13H,6-7,16H2,1-3H3. The van der Waals surface area contributed by atoms with Gasteiger partial charge < -0.3 is 10.6 Å². The third kappa shape index (κ3) is 4.78. The molecule has 0 radical (unpaired) electrons. The maximum Gasteiger partial charge on any atom is 0.270 e. The van der Waals surface area contributed by atoms with Crippen molar-refractivity contribution in [1.29, 1.82) is 0 Å². The van der Waals surface area contributed by atoms with Crippen LogP contribution in [0.25, 0.3) is 0 Å². The molecular formula is C14H20BrN3O3. The highest BCUT2D eigenvalue weighted by molar-refractivity contribution is 9.10. The maximum atomic E-state index is 12.4. The molecule has 0 aromatic heterocycles. The van der Waals surface area contributed by atoms with E-state index in [4.69, 9.17) is 5.73 Å². The van der Waals surface area contributed by atoms with Gasteiger partial charge in [0.2, 0.25) is 0 Å². The topological polar surface area (TPSA) is 89.5 Å². The second-order valence-corrected chi connectivity index (χ2v) is 6.20. The molecule has 0 spiro atoms. The molecule has 1 aromatic rings. The molecule has 0 aliphatic rings. The van der Waals surface area contributed by atoms with Gasteiger partial charge in [0.1, 0.15) is 0 Å². The van der Waals surface area contributed by atoms with Gasteiger partial charge in [-0.2, -0.15) is 0 Å². The maximum absolute atomic E-state index is 12.4. The Morgan fingerprint density at radius 3 is 2.62 bits per heavy atom. The highest BCUT2D eigenvalue weighted by Crippen LogP contribution is 2.23. The minimum Gasteiger partial charge on any atom is -0.342 e. The zero-order chi connectivity index (χ0) is 16.2. The summed E-state index contributed by atoms with van der Waals surface area (Å²) in [5, 5.41) is 10.8. The Bertz CT molecular complexity index is 534. The average molecular weight is 358 g/mol. The van der Waals surface area contributed by atoms with Crippen LogP contribution in [0.5, 0.6) is 0 Å². The molecule has 0 aliphatic carbocycles. The van der Waals surface area contributed by atoms with Gasteiger partial charge in [-0.1, -0.05) is 13.8 Å². The number of nitro benzene ring substituents is 1. The lowest BCUT2D eigenvalue weighted by molar-refractivity contribution is -0.384. The fourth-order valence-electron chi connectivity index (χ4n) is 1.77. The van der Waals surface area contributed by atoms with E-state index in [0.717, 1.165) is 0 Å². The number of non-ortho nitro benzene ring substituents is 1. The number of amides is 1. The van der Waals surface area contributed by atoms with Crippen molar-refractivity contribution in [2.75, 3.05) is 13.6 Å². The molecule has 21 heavy (non-hydrogen) atoms. The van der Waals surface area contributed by atoms with Crippen LogP contribution in [0.15, 0.2) is 22.7 Å². The number of nitrogens with two attached hydrogens (primary N) is 1. The number of nitro groups is 1. The first kappa shape index (κ1) is 17.6. The van der Waals surface area contributed by atoms with Gasteiger partial charge >= 0.3 is 0 Å². The van der Waals surface area contributed by atoms with Crippen molar-refractivity contribution in [2.24, 2.45) is 11.7 Å². The summed E-state index contributed by atoms with van der Waals surface area (Å²) in [7, 11) is 1.67. The number of nitrogens with zero attached hydrogens (tertiary/aromatic N) is 2. The Labute approximate surface area is 132 Å². The highest BCUT2D eigenvalue weighted by atomic mass is 79.9. The lowest BCUT2D eigenvalue weighted by Crippen LogP contribution is -2.34. The molecule has 0 heterocycles. The van der Waals surface area contributed by atoms with Gasteiger partial charge in [0.25, 0.3) is 11.6 Å². The van der Waals surface area contributed by atoms with Crippen molar-refractivity contribution in [2.45, 2.75) is 26.3 Å². The first-order valence-electron chi connectivity index (χ1n) is 6.69. The van der Waals surface area contributed by atoms with Gasteiger partial charge in [0, 0.05) is 36.2 Å². The fraction of sp³-hybridized carbons (Fsp3) is 0.500. The highest BCUT2D eigenvalue weighted by Gasteiger charge is 2.19. The lowest BCUT2D eigenvalue weighted by atomic mass is 10.0. The number of carbonyl (C=O) groups is 1. The van der Waals surface area contributed by atoms with E-state index in [0.29, 0.717) is 23.4 Å². The predicted molar refractivity (Wildman–Crippen MR) is 85.2 cm³/mol. The summed E-state index contributed by atoms with van der Waals surface area (Å²) < 4.78 is 0.540. The van der Waals surface area contributed by atoms with Crippen LogP contribution in [0.3, 0.4) is 0 Å². The van der Waals surface area contributed by atoms with E-state index in [-0.39, 0.29) is 23.2 Å². The van der Waals surface area contributed by atoms with Gasteiger partial charge in [-0.3, -0.25) is 14.9 Å². The Hall–Kier alpha value is -1.47. The van der Waals surface area contributed by atoms with Crippen LogP contribution in [0.2, 0.25) is 0 Å². The molecule has 7 heteroatoms. The molecule has 1 aromatic carbocycles. The lowest BCUT2D eigenvalue weighted by Gasteiger charge is -2.22. The summed E-state index contributed by atoms with van der Waals surface area (Å²) in [5.41, 5.74) is 6.14. The molecule has 1 atom stereocenters. The van der Waals surface area contributed by atoms with Crippen LogP contribution in [-0.4, -0.2) is 35.4 Å². The van der Waals surface area contributed by atoms with E-state index in [9.17, 15) is 14.9 Å². The van der Waals surface area contributed by atoms with Crippen molar-refractivity contribution < 1.29 is 9.72 Å². The summed E-state index contributed by atoms with van der Waals surface area (Å²) >= 11 is 3.26. The number of rotatable bonds is 6. The second-order valence-electron chi connectivity index (χ2n) is 5.34. The van der Waals surface area contributed by atoms with E-state index in [1.807, 2.05) is 13.8 Å². The summed E-state index contributed by atoms with van der Waals surface area (Å²) in [5.74, 6) is 0.0829. The van der Waals surface area contributed by atoms with Crippen molar-refractivity contribution in [3.63, 3.8) is 0 Å². The Kier molecular flexibility index (Phi) is 6.29. The summed E-state index contributed by atoms with van der Waals surface area (Å²) in [4.78, 5) is 24.2. The molecule has 1 unspecified atom stereocenters. The molecule has 0 bridgehead atoms. The van der Waals surface area contributed by atoms with Crippen LogP contribution < -0.4 is 5.73 Å². The van der Waals surface area contributed by atoms with E-state index in [1.54, 1.807) is 7.05 Å². The van der Waals surface area contributed by atoms with Crippen LogP contribution in [-0.2, 0) is 0 Å². The first-order chi connectivity index (χ1) is 9.73. The Balaban J connectivity index is 2.83. The van der Waals surface area contributed by atoms with Gasteiger partial charge in [0.15, 0.2) is 0 Å². The quantitative estimate of drug-likeness (QED) is 0.625. The van der Waals surface area contributed by atoms with Crippen LogP contribution >= 0.6 is 15.9 Å². The zero-order valence-corrected chi connectivity index (χ0v) is 14.0. The van der Waals surface area contributed by atoms with Crippen molar-refractivity contribution in [3.05, 3.63) is 38.3 Å². The molecule has 1 amide bonds. The third-order valence-electron chi connectivity index (χ3n) is 3.39. The number of hydrogen-bond donors (Lipinski definition) is 1. The van der Waals surface area contributed by atoms with Gasteiger partial charge in [-0.15, -0.1) is 0 Å². The fourth-order valence-corrected chi connectivity index (χ4v) is 2.19. The Morgan fingerprint density at radius 2 is 2.10 bits per heavy atom. The van der Waals surface area contributed by atoms with Gasteiger partial charge in [-0.05, 0) is 34.3 Å². The van der Waals surface area contributed by atoms with E-state index in [2.05, 4.69) is 15.9 Å². The molecular weight excluding hydrogens is 338 g/mol. The molecule has 1 rings (SSSR count). The number of halogens is 1. The van der Waals surface area contributed by atoms with Gasteiger partial charge in [0.05, 0.1) is 10.5 Å².